The molecule has 1 aromatic carbocycles. The molecular weight excluding hydrogens is 220 g/mol. The van der Waals surface area contributed by atoms with E-state index in [4.69, 9.17) is 16.9 Å². The lowest BCUT2D eigenvalue weighted by Gasteiger charge is -2.31. The van der Waals surface area contributed by atoms with Gasteiger partial charge in [-0.2, -0.15) is 5.26 Å². The minimum atomic E-state index is 0.542. The number of nitriles is 1. The van der Waals surface area contributed by atoms with Gasteiger partial charge < -0.3 is 4.90 Å². The Morgan fingerprint density at radius 2 is 2.25 bits per heavy atom. The van der Waals surface area contributed by atoms with E-state index in [1.54, 1.807) is 6.07 Å². The number of rotatable bonds is 3. The molecule has 1 saturated carbocycles. The molecule has 0 unspecified atom stereocenters. The van der Waals surface area contributed by atoms with Crippen LogP contribution in [-0.4, -0.2) is 13.6 Å². The van der Waals surface area contributed by atoms with Gasteiger partial charge in [-0.25, -0.2) is 0 Å². The van der Waals surface area contributed by atoms with Crippen molar-refractivity contribution in [3.8, 4) is 6.07 Å². The number of benzene rings is 1. The molecule has 0 atom stereocenters. The first kappa shape index (κ1) is 11.3. The highest BCUT2D eigenvalue weighted by Gasteiger charge is 2.20. The molecule has 0 saturated heterocycles. The van der Waals surface area contributed by atoms with Gasteiger partial charge in [0.1, 0.15) is 6.07 Å². The van der Waals surface area contributed by atoms with Crippen molar-refractivity contribution in [3.63, 3.8) is 0 Å². The molecule has 0 radical (unpaired) electrons. The third-order valence-corrected chi connectivity index (χ3v) is 3.59. The molecule has 3 heteroatoms. The van der Waals surface area contributed by atoms with E-state index < -0.39 is 0 Å². The van der Waals surface area contributed by atoms with Crippen molar-refractivity contribution in [3.05, 3.63) is 28.8 Å². The van der Waals surface area contributed by atoms with Crippen molar-refractivity contribution in [1.82, 2.24) is 0 Å². The van der Waals surface area contributed by atoms with E-state index in [2.05, 4.69) is 11.0 Å². The van der Waals surface area contributed by atoms with Crippen LogP contribution in [0, 0.1) is 17.2 Å². The van der Waals surface area contributed by atoms with Crippen LogP contribution in [0.15, 0.2) is 18.2 Å². The highest BCUT2D eigenvalue weighted by molar-refractivity contribution is 6.32. The Kier molecular flexibility index (Phi) is 3.36. The predicted molar refractivity (Wildman–Crippen MR) is 66.8 cm³/mol. The van der Waals surface area contributed by atoms with Gasteiger partial charge in [0.05, 0.1) is 16.3 Å². The number of hydrogen-bond donors (Lipinski definition) is 0. The molecule has 0 heterocycles. The predicted octanol–water partition coefficient (Wildman–Crippen LogP) is 3.45. The van der Waals surface area contributed by atoms with Crippen LogP contribution in [0.5, 0.6) is 0 Å². The van der Waals surface area contributed by atoms with E-state index in [0.717, 1.165) is 18.2 Å². The summed E-state index contributed by atoms with van der Waals surface area (Å²) in [5.74, 6) is 0.788. The SMILES string of the molecule is CN(CC1CCC1)c1cccc(Cl)c1C#N. The Hall–Kier alpha value is -1.20. The molecule has 0 N–H and O–H groups in total. The van der Waals surface area contributed by atoms with Crippen LogP contribution < -0.4 is 4.90 Å². The minimum Gasteiger partial charge on any atom is -0.373 e. The molecule has 2 nitrogen and oxygen atoms in total. The number of nitrogens with zero attached hydrogens (tertiary/aromatic N) is 2. The van der Waals surface area contributed by atoms with E-state index in [1.165, 1.54) is 19.3 Å². The van der Waals surface area contributed by atoms with E-state index in [1.807, 2.05) is 19.2 Å². The van der Waals surface area contributed by atoms with Crippen LogP contribution >= 0.6 is 11.6 Å². The van der Waals surface area contributed by atoms with Crippen molar-refractivity contribution in [2.45, 2.75) is 19.3 Å². The first-order valence-corrected chi connectivity index (χ1v) is 6.00. The lowest BCUT2D eigenvalue weighted by molar-refractivity contribution is 0.321. The van der Waals surface area contributed by atoms with Gasteiger partial charge in [0.15, 0.2) is 0 Å². The summed E-state index contributed by atoms with van der Waals surface area (Å²) < 4.78 is 0. The Bertz CT molecular complexity index is 418. The molecule has 0 amide bonds. The van der Waals surface area contributed by atoms with Crippen LogP contribution in [0.4, 0.5) is 5.69 Å². The monoisotopic (exact) mass is 234 g/mol. The molecular formula is C13H15ClN2. The summed E-state index contributed by atoms with van der Waals surface area (Å²) in [4.78, 5) is 2.15. The first-order chi connectivity index (χ1) is 7.72. The fraction of sp³-hybridized carbons (Fsp3) is 0.462. The van der Waals surface area contributed by atoms with Gasteiger partial charge in [-0.05, 0) is 30.9 Å². The minimum absolute atomic E-state index is 0.542. The average molecular weight is 235 g/mol. The molecule has 1 aliphatic rings. The molecule has 1 aromatic rings. The largest absolute Gasteiger partial charge is 0.373 e. The zero-order chi connectivity index (χ0) is 11.5. The molecule has 2 rings (SSSR count). The normalized spacial score (nSPS) is 15.3. The number of anilines is 1. The van der Waals surface area contributed by atoms with Crippen LogP contribution in [-0.2, 0) is 0 Å². The zero-order valence-corrected chi connectivity index (χ0v) is 10.2. The van der Waals surface area contributed by atoms with Gasteiger partial charge in [0.2, 0.25) is 0 Å². The van der Waals surface area contributed by atoms with Crippen molar-refractivity contribution in [2.24, 2.45) is 5.92 Å². The van der Waals surface area contributed by atoms with Crippen LogP contribution in [0.3, 0.4) is 0 Å². The summed E-state index contributed by atoms with van der Waals surface area (Å²) in [6.45, 7) is 1.02. The molecule has 0 aliphatic heterocycles. The number of hydrogen-bond acceptors (Lipinski definition) is 2. The fourth-order valence-corrected chi connectivity index (χ4v) is 2.31. The fourth-order valence-electron chi connectivity index (χ4n) is 2.10. The molecule has 16 heavy (non-hydrogen) atoms. The molecule has 84 valence electrons. The third kappa shape index (κ3) is 2.15. The van der Waals surface area contributed by atoms with Gasteiger partial charge >= 0.3 is 0 Å². The van der Waals surface area contributed by atoms with Crippen LogP contribution in [0.25, 0.3) is 0 Å². The van der Waals surface area contributed by atoms with Crippen molar-refractivity contribution >= 4 is 17.3 Å². The van der Waals surface area contributed by atoms with Gasteiger partial charge in [0.25, 0.3) is 0 Å². The topological polar surface area (TPSA) is 27.0 Å². The Labute approximate surface area is 101 Å². The molecule has 1 aliphatic carbocycles. The van der Waals surface area contributed by atoms with Gasteiger partial charge in [-0.15, -0.1) is 0 Å². The summed E-state index contributed by atoms with van der Waals surface area (Å²) in [7, 11) is 2.03. The Morgan fingerprint density at radius 1 is 1.50 bits per heavy atom. The van der Waals surface area contributed by atoms with Gasteiger partial charge in [0, 0.05) is 13.6 Å². The van der Waals surface area contributed by atoms with E-state index in [0.29, 0.717) is 10.6 Å². The Morgan fingerprint density at radius 3 is 2.81 bits per heavy atom. The molecule has 0 aromatic heterocycles. The molecule has 1 fully saturated rings. The average Bonchev–Trinajstić information content (AvgIpc) is 2.22. The van der Waals surface area contributed by atoms with Crippen molar-refractivity contribution in [1.29, 1.82) is 5.26 Å². The quantitative estimate of drug-likeness (QED) is 0.801. The van der Waals surface area contributed by atoms with Gasteiger partial charge in [-0.3, -0.25) is 0 Å². The van der Waals surface area contributed by atoms with Crippen LogP contribution in [0.1, 0.15) is 24.8 Å². The summed E-state index contributed by atoms with van der Waals surface area (Å²) in [5, 5.41) is 9.63. The summed E-state index contributed by atoms with van der Waals surface area (Å²) in [5.41, 5.74) is 1.54. The second kappa shape index (κ2) is 4.76. The Balaban J connectivity index is 2.18. The smallest absolute Gasteiger partial charge is 0.103 e. The lowest BCUT2D eigenvalue weighted by atomic mass is 9.85. The zero-order valence-electron chi connectivity index (χ0n) is 9.41. The second-order valence-electron chi connectivity index (χ2n) is 4.42. The maximum atomic E-state index is 9.09. The lowest BCUT2D eigenvalue weighted by Crippen LogP contribution is -2.29. The molecule has 0 spiro atoms. The highest BCUT2D eigenvalue weighted by atomic mass is 35.5. The summed E-state index contributed by atoms with van der Waals surface area (Å²) >= 11 is 6.01. The summed E-state index contributed by atoms with van der Waals surface area (Å²) in [6, 6.07) is 7.81. The van der Waals surface area contributed by atoms with Gasteiger partial charge in [-0.1, -0.05) is 24.1 Å². The summed E-state index contributed by atoms with van der Waals surface area (Å²) in [6.07, 6.45) is 3.97. The molecule has 0 bridgehead atoms. The first-order valence-electron chi connectivity index (χ1n) is 5.62. The maximum absolute atomic E-state index is 9.09. The maximum Gasteiger partial charge on any atom is 0.103 e. The third-order valence-electron chi connectivity index (χ3n) is 3.27. The van der Waals surface area contributed by atoms with Crippen molar-refractivity contribution in [2.75, 3.05) is 18.5 Å². The van der Waals surface area contributed by atoms with E-state index in [9.17, 15) is 0 Å². The van der Waals surface area contributed by atoms with Crippen LogP contribution in [0.2, 0.25) is 5.02 Å². The highest BCUT2D eigenvalue weighted by Crippen LogP contribution is 2.31. The number of halogens is 1. The van der Waals surface area contributed by atoms with E-state index >= 15 is 0 Å². The standard InChI is InChI=1S/C13H15ClN2/c1-16(9-10-4-2-5-10)13-7-3-6-12(14)11(13)8-15/h3,6-7,10H,2,4-5,9H2,1H3. The second-order valence-corrected chi connectivity index (χ2v) is 4.83. The van der Waals surface area contributed by atoms with Crippen molar-refractivity contribution < 1.29 is 0 Å². The van der Waals surface area contributed by atoms with E-state index in [-0.39, 0.29) is 0 Å².